The van der Waals surface area contributed by atoms with E-state index in [1.54, 1.807) is 6.07 Å². The number of anilines is 1. The van der Waals surface area contributed by atoms with Gasteiger partial charge in [-0.3, -0.25) is 4.79 Å². The Balaban J connectivity index is 1.87. The Hall–Kier alpha value is -1.03. The van der Waals surface area contributed by atoms with E-state index in [4.69, 9.17) is 5.73 Å². The first kappa shape index (κ1) is 13.9. The zero-order chi connectivity index (χ0) is 14.1. The monoisotopic (exact) mass is 336 g/mol. The molecule has 1 heterocycles. The number of nitrogens with zero attached hydrogens (tertiary/aromatic N) is 1. The molecule has 3 nitrogen and oxygen atoms in total. The van der Waals surface area contributed by atoms with Crippen LogP contribution in [0, 0.1) is 5.92 Å². The number of likely N-dealkylation sites (tertiary alicyclic amines) is 1. The molecule has 2 N–H and O–H groups in total. The molecule has 0 radical (unpaired) electrons. The minimum Gasteiger partial charge on any atom is -0.399 e. The van der Waals surface area contributed by atoms with Crippen molar-refractivity contribution < 1.29 is 4.79 Å². The summed E-state index contributed by atoms with van der Waals surface area (Å²) in [4.78, 5) is 15.0. The number of fused-ring (bicyclic) bond motifs is 1. The van der Waals surface area contributed by atoms with Crippen molar-refractivity contribution in [3.8, 4) is 0 Å². The minimum atomic E-state index is 0.140. The lowest BCUT2D eigenvalue weighted by Gasteiger charge is -2.44. The summed E-state index contributed by atoms with van der Waals surface area (Å²) >= 11 is 3.48. The number of hydrogen-bond acceptors (Lipinski definition) is 2. The van der Waals surface area contributed by atoms with Crippen LogP contribution in [0.1, 0.15) is 48.9 Å². The average molecular weight is 337 g/mol. The molecule has 1 aromatic carbocycles. The van der Waals surface area contributed by atoms with Gasteiger partial charge in [-0.15, -0.1) is 0 Å². The van der Waals surface area contributed by atoms with Crippen molar-refractivity contribution in [1.82, 2.24) is 4.90 Å². The van der Waals surface area contributed by atoms with E-state index in [1.807, 2.05) is 12.1 Å². The third-order valence-corrected chi connectivity index (χ3v) is 5.42. The van der Waals surface area contributed by atoms with E-state index in [2.05, 4.69) is 20.8 Å². The molecule has 0 bridgehead atoms. The molecule has 2 aliphatic rings. The summed E-state index contributed by atoms with van der Waals surface area (Å²) in [7, 11) is 0. The van der Waals surface area contributed by atoms with Crippen LogP contribution in [0.5, 0.6) is 0 Å². The lowest BCUT2D eigenvalue weighted by atomic mass is 9.78. The highest BCUT2D eigenvalue weighted by molar-refractivity contribution is 9.10. The van der Waals surface area contributed by atoms with Crippen LogP contribution in [0.4, 0.5) is 5.69 Å². The van der Waals surface area contributed by atoms with Crippen molar-refractivity contribution in [2.24, 2.45) is 5.92 Å². The van der Waals surface area contributed by atoms with Crippen LogP contribution in [-0.2, 0) is 0 Å². The third kappa shape index (κ3) is 2.58. The molecular weight excluding hydrogens is 316 g/mol. The fraction of sp³-hybridized carbons (Fsp3) is 0.562. The van der Waals surface area contributed by atoms with Gasteiger partial charge in [0.2, 0.25) is 0 Å². The van der Waals surface area contributed by atoms with Gasteiger partial charge in [0.1, 0.15) is 0 Å². The first-order chi connectivity index (χ1) is 9.66. The smallest absolute Gasteiger partial charge is 0.255 e. The molecule has 0 spiro atoms. The van der Waals surface area contributed by atoms with Crippen LogP contribution in [0.25, 0.3) is 0 Å². The van der Waals surface area contributed by atoms with Crippen molar-refractivity contribution in [1.29, 1.82) is 0 Å². The van der Waals surface area contributed by atoms with Gasteiger partial charge in [-0.05, 0) is 65.7 Å². The summed E-state index contributed by atoms with van der Waals surface area (Å²) in [6, 6.07) is 5.92. The largest absolute Gasteiger partial charge is 0.399 e. The van der Waals surface area contributed by atoms with Crippen molar-refractivity contribution >= 4 is 27.5 Å². The summed E-state index contributed by atoms with van der Waals surface area (Å²) in [5, 5.41) is 0. The molecule has 1 amide bonds. The lowest BCUT2D eigenvalue weighted by Crippen LogP contribution is -2.49. The fourth-order valence-electron chi connectivity index (χ4n) is 3.74. The third-order valence-electron chi connectivity index (χ3n) is 4.72. The molecule has 108 valence electrons. The number of rotatable bonds is 1. The number of nitrogen functional groups attached to an aromatic ring is 1. The number of piperidine rings is 1. The second kappa shape index (κ2) is 5.76. The van der Waals surface area contributed by atoms with E-state index in [0.29, 0.717) is 23.2 Å². The molecule has 2 atom stereocenters. The molecule has 0 aromatic heterocycles. The maximum Gasteiger partial charge on any atom is 0.255 e. The normalized spacial score (nSPS) is 26.1. The van der Waals surface area contributed by atoms with Gasteiger partial charge in [-0.25, -0.2) is 0 Å². The van der Waals surface area contributed by atoms with Crippen LogP contribution < -0.4 is 5.73 Å². The number of benzene rings is 1. The van der Waals surface area contributed by atoms with Gasteiger partial charge in [0.15, 0.2) is 0 Å². The van der Waals surface area contributed by atoms with E-state index in [9.17, 15) is 4.79 Å². The number of hydrogen-bond donors (Lipinski definition) is 1. The zero-order valence-corrected chi connectivity index (χ0v) is 13.2. The van der Waals surface area contributed by atoms with Crippen LogP contribution in [0.2, 0.25) is 0 Å². The predicted octanol–water partition coefficient (Wildman–Crippen LogP) is 3.83. The van der Waals surface area contributed by atoms with E-state index >= 15 is 0 Å². The first-order valence-electron chi connectivity index (χ1n) is 7.53. The van der Waals surface area contributed by atoms with Gasteiger partial charge in [0.25, 0.3) is 5.91 Å². The Bertz CT molecular complexity index is 515. The highest BCUT2D eigenvalue weighted by Crippen LogP contribution is 2.36. The molecule has 3 rings (SSSR count). The molecule has 4 heteroatoms. The predicted molar refractivity (Wildman–Crippen MR) is 84.6 cm³/mol. The summed E-state index contributed by atoms with van der Waals surface area (Å²) in [6.45, 7) is 0.890. The maximum absolute atomic E-state index is 12.9. The highest BCUT2D eigenvalue weighted by Gasteiger charge is 2.36. The van der Waals surface area contributed by atoms with Crippen LogP contribution >= 0.6 is 15.9 Å². The molecule has 1 saturated heterocycles. The van der Waals surface area contributed by atoms with E-state index in [1.165, 1.54) is 25.7 Å². The van der Waals surface area contributed by atoms with Crippen molar-refractivity contribution in [2.45, 2.75) is 44.6 Å². The van der Waals surface area contributed by atoms with Crippen LogP contribution in [0.15, 0.2) is 22.7 Å². The van der Waals surface area contributed by atoms with E-state index < -0.39 is 0 Å². The Morgan fingerprint density at radius 1 is 1.20 bits per heavy atom. The van der Waals surface area contributed by atoms with Gasteiger partial charge < -0.3 is 10.6 Å². The number of nitrogens with two attached hydrogens (primary N) is 1. The molecule has 1 aromatic rings. The second-order valence-corrected chi connectivity index (χ2v) is 6.85. The number of amides is 1. The van der Waals surface area contributed by atoms with Crippen LogP contribution in [0.3, 0.4) is 0 Å². The molecule has 1 aliphatic heterocycles. The number of carbonyl (C=O) groups excluding carboxylic acids is 1. The Kier molecular flexibility index (Phi) is 4.01. The Morgan fingerprint density at radius 2 is 1.95 bits per heavy atom. The first-order valence-corrected chi connectivity index (χ1v) is 8.32. The quantitative estimate of drug-likeness (QED) is 0.792. The van der Waals surface area contributed by atoms with Crippen LogP contribution in [-0.4, -0.2) is 23.4 Å². The Labute approximate surface area is 128 Å². The van der Waals surface area contributed by atoms with Gasteiger partial charge in [0, 0.05) is 22.7 Å². The summed E-state index contributed by atoms with van der Waals surface area (Å²) in [6.07, 6.45) is 7.44. The number of carbonyl (C=O) groups is 1. The Morgan fingerprint density at radius 3 is 2.80 bits per heavy atom. The lowest BCUT2D eigenvalue weighted by molar-refractivity contribution is 0.0390. The average Bonchev–Trinajstić information content (AvgIpc) is 2.48. The summed E-state index contributed by atoms with van der Waals surface area (Å²) in [5.74, 6) is 0.849. The van der Waals surface area contributed by atoms with Gasteiger partial charge in [-0.2, -0.15) is 0 Å². The fourth-order valence-corrected chi connectivity index (χ4v) is 4.15. The van der Waals surface area contributed by atoms with E-state index in [-0.39, 0.29) is 5.91 Å². The molecule has 2 unspecified atom stereocenters. The molecule has 1 aliphatic carbocycles. The molecule has 1 saturated carbocycles. The van der Waals surface area contributed by atoms with Crippen molar-refractivity contribution in [3.05, 3.63) is 28.2 Å². The van der Waals surface area contributed by atoms with Gasteiger partial charge in [0.05, 0.1) is 5.56 Å². The summed E-state index contributed by atoms with van der Waals surface area (Å²) < 4.78 is 0.842. The second-order valence-electron chi connectivity index (χ2n) is 5.99. The molecular formula is C16H21BrN2O. The topological polar surface area (TPSA) is 46.3 Å². The van der Waals surface area contributed by atoms with E-state index in [0.717, 1.165) is 23.9 Å². The van der Waals surface area contributed by atoms with Crippen molar-refractivity contribution in [2.75, 3.05) is 12.3 Å². The standard InChI is InChI=1S/C16H21BrN2O/c17-14-8-7-12(18)10-13(14)16(20)19-9-3-5-11-4-1-2-6-15(11)19/h7-8,10-11,15H,1-6,9,18H2. The van der Waals surface area contributed by atoms with Gasteiger partial charge in [-0.1, -0.05) is 12.8 Å². The maximum atomic E-state index is 12.9. The SMILES string of the molecule is Nc1ccc(Br)c(C(=O)N2CCCC3CCCCC32)c1. The minimum absolute atomic E-state index is 0.140. The molecule has 2 fully saturated rings. The van der Waals surface area contributed by atoms with Gasteiger partial charge >= 0.3 is 0 Å². The molecule has 20 heavy (non-hydrogen) atoms. The number of halogens is 1. The van der Waals surface area contributed by atoms with Crippen molar-refractivity contribution in [3.63, 3.8) is 0 Å². The highest BCUT2D eigenvalue weighted by atomic mass is 79.9. The summed E-state index contributed by atoms with van der Waals surface area (Å²) in [5.41, 5.74) is 7.19. The zero-order valence-electron chi connectivity index (χ0n) is 11.6.